The van der Waals surface area contributed by atoms with E-state index in [-0.39, 0.29) is 48.5 Å². The van der Waals surface area contributed by atoms with Gasteiger partial charge in [0.15, 0.2) is 0 Å². The standard InChI is InChI=1S/C24H28N2O3/c1-29-22-5-3-2-4-17(22)9-6-16-7-10-18(11-8-16)23-20(14-25)26(21(23)15-27)24(28)19-12-13-19/h4-5,16-23,27H,7-8,10-13,15H2,1H3/t16?,17?,18?,20-,21-,22?,23-/m0/s1. The molecule has 0 aromatic heterocycles. The number of hydrogen-bond donors (Lipinski definition) is 1. The van der Waals surface area contributed by atoms with Crippen molar-refractivity contribution in [1.29, 1.82) is 5.26 Å². The highest BCUT2D eigenvalue weighted by Gasteiger charge is 2.56. The third-order valence-corrected chi connectivity index (χ3v) is 6.96. The molecule has 0 aromatic rings. The van der Waals surface area contributed by atoms with Gasteiger partial charge in [0, 0.05) is 24.9 Å². The van der Waals surface area contributed by atoms with Crippen LogP contribution in [-0.4, -0.2) is 47.8 Å². The Morgan fingerprint density at radius 3 is 2.52 bits per heavy atom. The van der Waals surface area contributed by atoms with Gasteiger partial charge in [-0.15, -0.1) is 0 Å². The van der Waals surface area contributed by atoms with Gasteiger partial charge in [0.2, 0.25) is 5.91 Å². The van der Waals surface area contributed by atoms with Gasteiger partial charge in [-0.3, -0.25) is 4.79 Å². The summed E-state index contributed by atoms with van der Waals surface area (Å²) in [5.41, 5.74) is 5.90. The topological polar surface area (TPSA) is 73.6 Å². The summed E-state index contributed by atoms with van der Waals surface area (Å²) in [6.07, 6.45) is 9.55. The summed E-state index contributed by atoms with van der Waals surface area (Å²) < 4.78 is 5.43. The number of likely N-dealkylation sites (tertiary alicyclic amines) is 1. The van der Waals surface area contributed by atoms with E-state index in [0.717, 1.165) is 38.5 Å². The molecule has 4 rings (SSSR count). The first-order valence-electron chi connectivity index (χ1n) is 10.7. The third-order valence-electron chi connectivity index (χ3n) is 6.96. The van der Waals surface area contributed by atoms with Gasteiger partial charge in [-0.1, -0.05) is 23.3 Å². The molecular formula is C24H28N2O3. The normalized spacial score (nSPS) is 38.0. The van der Waals surface area contributed by atoms with Crippen molar-refractivity contribution < 1.29 is 14.6 Å². The number of ether oxygens (including phenoxy) is 1. The molecule has 3 aliphatic carbocycles. The second kappa shape index (κ2) is 8.62. The van der Waals surface area contributed by atoms with Crippen LogP contribution in [0.2, 0.25) is 0 Å². The number of nitrogens with zero attached hydrogens (tertiary/aromatic N) is 2. The molecule has 29 heavy (non-hydrogen) atoms. The van der Waals surface area contributed by atoms with Crippen molar-refractivity contribution in [2.75, 3.05) is 13.7 Å². The summed E-state index contributed by atoms with van der Waals surface area (Å²) in [6.45, 7) is -0.0471. The van der Waals surface area contributed by atoms with Crippen LogP contribution in [0, 0.1) is 52.8 Å². The lowest BCUT2D eigenvalue weighted by Crippen LogP contribution is -2.69. The highest BCUT2D eigenvalue weighted by Crippen LogP contribution is 2.46. The molecule has 5 atom stereocenters. The Kier molecular flexibility index (Phi) is 5.96. The predicted molar refractivity (Wildman–Crippen MR) is 107 cm³/mol. The van der Waals surface area contributed by atoms with Gasteiger partial charge in [0.05, 0.1) is 24.6 Å². The maximum atomic E-state index is 12.5. The Labute approximate surface area is 172 Å². The van der Waals surface area contributed by atoms with Crippen molar-refractivity contribution in [3.63, 3.8) is 0 Å². The van der Waals surface area contributed by atoms with Crippen molar-refractivity contribution in [1.82, 2.24) is 4.90 Å². The Bertz CT molecular complexity index is 838. The van der Waals surface area contributed by atoms with Crippen molar-refractivity contribution >= 4 is 5.91 Å². The minimum absolute atomic E-state index is 0.0225. The molecule has 0 radical (unpaired) electrons. The molecule has 5 nitrogen and oxygen atoms in total. The van der Waals surface area contributed by atoms with E-state index in [9.17, 15) is 15.2 Å². The van der Waals surface area contributed by atoms with Gasteiger partial charge in [-0.05, 0) is 56.6 Å². The lowest BCUT2D eigenvalue weighted by atomic mass is 9.65. The maximum Gasteiger partial charge on any atom is 0.227 e. The summed E-state index contributed by atoms with van der Waals surface area (Å²) in [5, 5.41) is 19.6. The summed E-state index contributed by atoms with van der Waals surface area (Å²) in [5.74, 6) is 7.76. The number of hydrogen-bond acceptors (Lipinski definition) is 4. The molecule has 152 valence electrons. The van der Waals surface area contributed by atoms with Crippen LogP contribution in [0.25, 0.3) is 0 Å². The summed E-state index contributed by atoms with van der Waals surface area (Å²) in [7, 11) is 1.68. The first-order valence-corrected chi connectivity index (χ1v) is 10.7. The van der Waals surface area contributed by atoms with Crippen molar-refractivity contribution in [3.8, 4) is 17.9 Å². The average Bonchev–Trinajstić information content (AvgIpc) is 3.58. The Morgan fingerprint density at radius 1 is 1.17 bits per heavy atom. The molecule has 1 heterocycles. The smallest absolute Gasteiger partial charge is 0.227 e. The first kappa shape index (κ1) is 20.0. The van der Waals surface area contributed by atoms with Crippen molar-refractivity contribution in [3.05, 3.63) is 23.6 Å². The number of nitriles is 1. The molecule has 5 heteroatoms. The van der Waals surface area contributed by atoms with Gasteiger partial charge in [0.25, 0.3) is 0 Å². The Balaban J connectivity index is 1.35. The van der Waals surface area contributed by atoms with E-state index < -0.39 is 0 Å². The van der Waals surface area contributed by atoms with Crippen molar-refractivity contribution in [2.45, 2.75) is 56.7 Å². The van der Waals surface area contributed by atoms with Gasteiger partial charge in [0.1, 0.15) is 12.1 Å². The van der Waals surface area contributed by atoms with Crippen LogP contribution < -0.4 is 0 Å². The zero-order valence-corrected chi connectivity index (χ0v) is 16.9. The fraction of sp³-hybridized carbons (Fsp3) is 0.667. The molecule has 0 bridgehead atoms. The van der Waals surface area contributed by atoms with Gasteiger partial charge < -0.3 is 14.7 Å². The van der Waals surface area contributed by atoms with Crippen LogP contribution in [0.3, 0.4) is 0 Å². The average molecular weight is 392 g/mol. The second-order valence-corrected chi connectivity index (χ2v) is 8.67. The fourth-order valence-corrected chi connectivity index (χ4v) is 5.13. The van der Waals surface area contributed by atoms with E-state index in [1.807, 2.05) is 12.2 Å². The minimum Gasteiger partial charge on any atom is -0.394 e. The summed E-state index contributed by atoms with van der Waals surface area (Å²) in [6, 6.07) is 1.79. The highest BCUT2D eigenvalue weighted by atomic mass is 16.5. The molecule has 4 aliphatic rings. The van der Waals surface area contributed by atoms with E-state index in [0.29, 0.717) is 11.8 Å². The zero-order chi connectivity index (χ0) is 20.4. The van der Waals surface area contributed by atoms with Gasteiger partial charge >= 0.3 is 0 Å². The Morgan fingerprint density at radius 2 is 1.90 bits per heavy atom. The van der Waals surface area contributed by atoms with Crippen LogP contribution in [0.5, 0.6) is 0 Å². The van der Waals surface area contributed by atoms with Crippen LogP contribution in [0.4, 0.5) is 0 Å². The molecular weight excluding hydrogens is 364 g/mol. The second-order valence-electron chi connectivity index (χ2n) is 8.67. The third kappa shape index (κ3) is 3.93. The monoisotopic (exact) mass is 392 g/mol. The zero-order valence-electron chi connectivity index (χ0n) is 16.9. The molecule has 0 spiro atoms. The van der Waals surface area contributed by atoms with Crippen LogP contribution in [0.1, 0.15) is 38.5 Å². The SMILES string of the molecule is COC1C=C=C=CC1C#CC1CCC([C@H]2[C@H](C#N)N(C(=O)C3CC3)[C@H]2CO)CC1. The fourth-order valence-electron chi connectivity index (χ4n) is 5.13. The number of aliphatic hydroxyl groups excluding tert-OH is 1. The summed E-state index contributed by atoms with van der Waals surface area (Å²) in [4.78, 5) is 14.2. The number of carbonyl (C=O) groups excluding carboxylic acids is 1. The molecule has 0 aromatic carbocycles. The van der Waals surface area contributed by atoms with Gasteiger partial charge in [-0.2, -0.15) is 5.26 Å². The van der Waals surface area contributed by atoms with E-state index in [1.54, 1.807) is 12.0 Å². The predicted octanol–water partition coefficient (Wildman–Crippen LogP) is 2.43. The number of rotatable bonds is 4. The van der Waals surface area contributed by atoms with Crippen LogP contribution >= 0.6 is 0 Å². The molecule has 1 amide bonds. The minimum atomic E-state index is -0.374. The highest BCUT2D eigenvalue weighted by molar-refractivity contribution is 5.83. The van der Waals surface area contributed by atoms with E-state index in [4.69, 9.17) is 4.74 Å². The van der Waals surface area contributed by atoms with Crippen molar-refractivity contribution in [2.24, 2.45) is 29.6 Å². The maximum absolute atomic E-state index is 12.5. The van der Waals surface area contributed by atoms with E-state index in [1.165, 1.54) is 0 Å². The number of carbonyl (C=O) groups is 1. The Hall–Kier alpha value is -2.26. The lowest BCUT2D eigenvalue weighted by molar-refractivity contribution is -0.159. The largest absolute Gasteiger partial charge is 0.394 e. The van der Waals surface area contributed by atoms with Gasteiger partial charge in [-0.25, -0.2) is 0 Å². The lowest BCUT2D eigenvalue weighted by Gasteiger charge is -2.55. The van der Waals surface area contributed by atoms with Crippen LogP contribution in [-0.2, 0) is 9.53 Å². The quantitative estimate of drug-likeness (QED) is 0.589. The molecule has 1 saturated heterocycles. The van der Waals surface area contributed by atoms with Crippen LogP contribution in [0.15, 0.2) is 23.6 Å². The molecule has 2 unspecified atom stereocenters. The number of methoxy groups -OCH3 is 1. The molecule has 1 aliphatic heterocycles. The summed E-state index contributed by atoms with van der Waals surface area (Å²) >= 11 is 0. The van der Waals surface area contributed by atoms with E-state index >= 15 is 0 Å². The van der Waals surface area contributed by atoms with E-state index in [2.05, 4.69) is 29.4 Å². The number of amides is 1. The molecule has 2 saturated carbocycles. The first-order chi connectivity index (χ1) is 14.2. The number of aliphatic hydroxyl groups is 1. The molecule has 3 fully saturated rings. The molecule has 1 N–H and O–H groups in total.